The molecule has 1 heterocycles. The maximum atomic E-state index is 12.8. The standard InChI is InChI=1S/C18H18F3N3O/c1-11-8-15(18(19,20)21)24-16(23-11)10-22-17(25)9-13-7-6-12-4-2-3-5-14(12)13/h2-5,8,13H,6-7,9-10H2,1H3,(H,22,25)/t13-/m0/s1. The highest BCUT2D eigenvalue weighted by molar-refractivity contribution is 5.77. The first kappa shape index (κ1) is 17.4. The van der Waals surface area contributed by atoms with Gasteiger partial charge in [-0.15, -0.1) is 0 Å². The van der Waals surface area contributed by atoms with Gasteiger partial charge in [-0.3, -0.25) is 4.79 Å². The molecule has 0 spiro atoms. The highest BCUT2D eigenvalue weighted by atomic mass is 19.4. The summed E-state index contributed by atoms with van der Waals surface area (Å²) in [5.41, 5.74) is 1.67. The summed E-state index contributed by atoms with van der Waals surface area (Å²) in [7, 11) is 0. The number of amides is 1. The van der Waals surface area contributed by atoms with Gasteiger partial charge in [0.1, 0.15) is 11.5 Å². The molecular formula is C18H18F3N3O. The van der Waals surface area contributed by atoms with E-state index in [2.05, 4.69) is 21.4 Å². The Kier molecular flexibility index (Phi) is 4.74. The Labute approximate surface area is 143 Å². The van der Waals surface area contributed by atoms with Gasteiger partial charge < -0.3 is 5.32 Å². The van der Waals surface area contributed by atoms with Crippen molar-refractivity contribution >= 4 is 5.91 Å². The number of nitrogens with zero attached hydrogens (tertiary/aromatic N) is 2. The zero-order valence-corrected chi connectivity index (χ0v) is 13.7. The molecule has 1 aromatic heterocycles. The third kappa shape index (κ3) is 4.15. The van der Waals surface area contributed by atoms with Crippen LogP contribution in [-0.2, 0) is 23.9 Å². The van der Waals surface area contributed by atoms with Crippen molar-refractivity contribution < 1.29 is 18.0 Å². The number of rotatable bonds is 4. The first-order valence-electron chi connectivity index (χ1n) is 8.09. The molecule has 25 heavy (non-hydrogen) atoms. The molecule has 1 N–H and O–H groups in total. The molecule has 2 aromatic rings. The van der Waals surface area contributed by atoms with Crippen LogP contribution in [0, 0.1) is 6.92 Å². The molecule has 7 heteroatoms. The Morgan fingerprint density at radius 2 is 2.04 bits per heavy atom. The van der Waals surface area contributed by atoms with Crippen LogP contribution in [0.4, 0.5) is 13.2 Å². The number of hydrogen-bond donors (Lipinski definition) is 1. The van der Waals surface area contributed by atoms with Gasteiger partial charge in [0.15, 0.2) is 0 Å². The maximum absolute atomic E-state index is 12.8. The Balaban J connectivity index is 1.61. The van der Waals surface area contributed by atoms with Gasteiger partial charge in [-0.25, -0.2) is 9.97 Å². The first-order valence-corrected chi connectivity index (χ1v) is 8.09. The van der Waals surface area contributed by atoms with Crippen molar-refractivity contribution in [2.24, 2.45) is 0 Å². The van der Waals surface area contributed by atoms with E-state index in [9.17, 15) is 18.0 Å². The summed E-state index contributed by atoms with van der Waals surface area (Å²) in [6.45, 7) is 1.36. The number of fused-ring (bicyclic) bond motifs is 1. The van der Waals surface area contributed by atoms with E-state index in [0.29, 0.717) is 6.42 Å². The predicted molar refractivity (Wildman–Crippen MR) is 85.7 cm³/mol. The minimum Gasteiger partial charge on any atom is -0.349 e. The Morgan fingerprint density at radius 3 is 2.80 bits per heavy atom. The summed E-state index contributed by atoms with van der Waals surface area (Å²) in [4.78, 5) is 19.6. The Morgan fingerprint density at radius 1 is 1.28 bits per heavy atom. The molecule has 0 saturated carbocycles. The van der Waals surface area contributed by atoms with E-state index in [4.69, 9.17) is 0 Å². The molecule has 0 aliphatic heterocycles. The van der Waals surface area contributed by atoms with Gasteiger partial charge in [-0.1, -0.05) is 24.3 Å². The SMILES string of the molecule is Cc1cc(C(F)(F)F)nc(CNC(=O)C[C@@H]2CCc3ccccc32)n1. The number of carbonyl (C=O) groups excluding carboxylic acids is 1. The molecule has 132 valence electrons. The number of benzene rings is 1. The van der Waals surface area contributed by atoms with Crippen molar-refractivity contribution in [1.82, 2.24) is 15.3 Å². The second-order valence-corrected chi connectivity index (χ2v) is 6.22. The van der Waals surface area contributed by atoms with Crippen molar-refractivity contribution in [2.75, 3.05) is 0 Å². The molecule has 1 aliphatic carbocycles. The third-order valence-corrected chi connectivity index (χ3v) is 4.32. The fraction of sp³-hybridized carbons (Fsp3) is 0.389. The fourth-order valence-electron chi connectivity index (χ4n) is 3.19. The smallest absolute Gasteiger partial charge is 0.349 e. The average Bonchev–Trinajstić information content (AvgIpc) is 2.95. The van der Waals surface area contributed by atoms with Crippen LogP contribution in [0.1, 0.15) is 47.1 Å². The molecule has 0 bridgehead atoms. The molecule has 0 radical (unpaired) electrons. The summed E-state index contributed by atoms with van der Waals surface area (Å²) >= 11 is 0. The number of carbonyl (C=O) groups is 1. The largest absolute Gasteiger partial charge is 0.433 e. The van der Waals surface area contributed by atoms with E-state index >= 15 is 0 Å². The molecule has 1 amide bonds. The summed E-state index contributed by atoms with van der Waals surface area (Å²) < 4.78 is 38.3. The summed E-state index contributed by atoms with van der Waals surface area (Å²) in [6.07, 6.45) is -2.36. The van der Waals surface area contributed by atoms with Crippen molar-refractivity contribution in [3.63, 3.8) is 0 Å². The summed E-state index contributed by atoms with van der Waals surface area (Å²) in [5, 5.41) is 2.63. The maximum Gasteiger partial charge on any atom is 0.433 e. The molecule has 1 aromatic carbocycles. The number of alkyl halides is 3. The molecule has 0 fully saturated rings. The Hall–Kier alpha value is -2.44. The average molecular weight is 349 g/mol. The monoisotopic (exact) mass is 349 g/mol. The predicted octanol–water partition coefficient (Wildman–Crippen LogP) is 3.54. The van der Waals surface area contributed by atoms with Crippen LogP contribution in [0.5, 0.6) is 0 Å². The lowest BCUT2D eigenvalue weighted by atomic mass is 9.97. The summed E-state index contributed by atoms with van der Waals surface area (Å²) in [6, 6.07) is 8.91. The fourth-order valence-corrected chi connectivity index (χ4v) is 3.19. The van der Waals surface area contributed by atoms with E-state index < -0.39 is 11.9 Å². The van der Waals surface area contributed by atoms with Crippen molar-refractivity contribution in [3.8, 4) is 0 Å². The first-order chi connectivity index (χ1) is 11.8. The van der Waals surface area contributed by atoms with E-state index in [1.807, 2.05) is 18.2 Å². The van der Waals surface area contributed by atoms with Crippen LogP contribution in [0.3, 0.4) is 0 Å². The quantitative estimate of drug-likeness (QED) is 0.919. The van der Waals surface area contributed by atoms with Crippen LogP contribution in [0.15, 0.2) is 30.3 Å². The van der Waals surface area contributed by atoms with E-state index in [-0.39, 0.29) is 29.9 Å². The number of halogens is 3. The van der Waals surface area contributed by atoms with Gasteiger partial charge in [-0.05, 0) is 42.9 Å². The molecule has 1 atom stereocenters. The highest BCUT2D eigenvalue weighted by Crippen LogP contribution is 2.35. The minimum absolute atomic E-state index is 0.0347. The van der Waals surface area contributed by atoms with Crippen molar-refractivity contribution in [2.45, 2.75) is 44.8 Å². The van der Waals surface area contributed by atoms with Crippen molar-refractivity contribution in [3.05, 3.63) is 58.7 Å². The Bertz CT molecular complexity index is 789. The lowest BCUT2D eigenvalue weighted by Crippen LogP contribution is -2.26. The van der Waals surface area contributed by atoms with Crippen LogP contribution >= 0.6 is 0 Å². The normalized spacial score (nSPS) is 16.6. The number of aryl methyl sites for hydroxylation is 2. The lowest BCUT2D eigenvalue weighted by molar-refractivity contribution is -0.141. The van der Waals surface area contributed by atoms with Gasteiger partial charge in [0.25, 0.3) is 0 Å². The second kappa shape index (κ2) is 6.82. The van der Waals surface area contributed by atoms with Crippen LogP contribution in [-0.4, -0.2) is 15.9 Å². The third-order valence-electron chi connectivity index (χ3n) is 4.32. The molecule has 3 rings (SSSR count). The van der Waals surface area contributed by atoms with Gasteiger partial charge >= 0.3 is 6.18 Å². The zero-order chi connectivity index (χ0) is 18.0. The van der Waals surface area contributed by atoms with Gasteiger partial charge in [0.05, 0.1) is 6.54 Å². The van der Waals surface area contributed by atoms with Gasteiger partial charge in [0.2, 0.25) is 5.91 Å². The topological polar surface area (TPSA) is 54.9 Å². The minimum atomic E-state index is -4.53. The van der Waals surface area contributed by atoms with E-state index in [0.717, 1.165) is 18.9 Å². The molecule has 0 saturated heterocycles. The lowest BCUT2D eigenvalue weighted by Gasteiger charge is -2.12. The second-order valence-electron chi connectivity index (χ2n) is 6.22. The molecule has 4 nitrogen and oxygen atoms in total. The molecular weight excluding hydrogens is 331 g/mol. The van der Waals surface area contributed by atoms with Crippen LogP contribution in [0.2, 0.25) is 0 Å². The molecule has 0 unspecified atom stereocenters. The zero-order valence-electron chi connectivity index (χ0n) is 13.7. The summed E-state index contributed by atoms with van der Waals surface area (Å²) in [5.74, 6) is -0.0896. The number of aromatic nitrogens is 2. The van der Waals surface area contributed by atoms with Crippen molar-refractivity contribution in [1.29, 1.82) is 0 Å². The van der Waals surface area contributed by atoms with E-state index in [1.165, 1.54) is 18.1 Å². The van der Waals surface area contributed by atoms with Gasteiger partial charge in [0, 0.05) is 12.1 Å². The molecule has 1 aliphatic rings. The van der Waals surface area contributed by atoms with E-state index in [1.54, 1.807) is 0 Å². The number of nitrogens with one attached hydrogen (secondary N) is 1. The number of hydrogen-bond acceptors (Lipinski definition) is 3. The van der Waals surface area contributed by atoms with Crippen LogP contribution < -0.4 is 5.32 Å². The van der Waals surface area contributed by atoms with Crippen LogP contribution in [0.25, 0.3) is 0 Å². The highest BCUT2D eigenvalue weighted by Gasteiger charge is 2.33. The van der Waals surface area contributed by atoms with Gasteiger partial charge in [-0.2, -0.15) is 13.2 Å².